The number of fused-ring (bicyclic) bond motifs is 1. The fourth-order valence-electron chi connectivity index (χ4n) is 1.91. The van der Waals surface area contributed by atoms with Gasteiger partial charge in [0, 0.05) is 40.3 Å². The van der Waals surface area contributed by atoms with Crippen LogP contribution < -0.4 is 0 Å². The second kappa shape index (κ2) is 4.44. The molecule has 0 amide bonds. The molecule has 0 saturated carbocycles. The second-order valence-electron chi connectivity index (χ2n) is 3.85. The first-order valence-corrected chi connectivity index (χ1v) is 6.40. The summed E-state index contributed by atoms with van der Waals surface area (Å²) in [5, 5.41) is 1.26. The van der Waals surface area contributed by atoms with Crippen LogP contribution in [0.5, 0.6) is 0 Å². The molecule has 3 aromatic heterocycles. The van der Waals surface area contributed by atoms with Crippen molar-refractivity contribution in [2.75, 3.05) is 0 Å². The highest BCUT2D eigenvalue weighted by Gasteiger charge is 2.06. The average Bonchev–Trinajstić information content (AvgIpc) is 2.69. The van der Waals surface area contributed by atoms with Crippen molar-refractivity contribution in [3.8, 4) is 0 Å². The number of hydrogen-bond donors (Lipinski definition) is 0. The second-order valence-corrected chi connectivity index (χ2v) is 5.02. The zero-order valence-corrected chi connectivity index (χ0v) is 11.2. The molecule has 0 aliphatic carbocycles. The van der Waals surface area contributed by atoms with E-state index in [1.54, 1.807) is 0 Å². The van der Waals surface area contributed by atoms with Gasteiger partial charge in [0.2, 0.25) is 0 Å². The summed E-state index contributed by atoms with van der Waals surface area (Å²) in [5.41, 5.74) is 2.42. The Balaban J connectivity index is 2.07. The standard InChI is InChI=1S/C13H10IN3/c14-12-9-17(8-10-1-4-15-5-2-10)13-7-16-6-3-11(12)13/h1-7,9H,8H2. The van der Waals surface area contributed by atoms with E-state index in [9.17, 15) is 0 Å². The van der Waals surface area contributed by atoms with Gasteiger partial charge in [0.15, 0.2) is 0 Å². The number of rotatable bonds is 2. The summed E-state index contributed by atoms with van der Waals surface area (Å²) in [6.45, 7) is 0.855. The molecule has 0 aliphatic heterocycles. The summed E-state index contributed by atoms with van der Waals surface area (Å²) in [6, 6.07) is 6.13. The van der Waals surface area contributed by atoms with Gasteiger partial charge in [-0.2, -0.15) is 0 Å². The highest BCUT2D eigenvalue weighted by molar-refractivity contribution is 14.1. The first kappa shape index (κ1) is 10.7. The van der Waals surface area contributed by atoms with E-state index in [0.29, 0.717) is 0 Å². The van der Waals surface area contributed by atoms with Crippen LogP contribution in [0.1, 0.15) is 5.56 Å². The van der Waals surface area contributed by atoms with Gasteiger partial charge < -0.3 is 4.57 Å². The van der Waals surface area contributed by atoms with Crippen LogP contribution in [0, 0.1) is 3.57 Å². The quantitative estimate of drug-likeness (QED) is 0.674. The predicted molar refractivity (Wildman–Crippen MR) is 75.8 cm³/mol. The summed E-state index contributed by atoms with van der Waals surface area (Å²) in [6.07, 6.45) is 9.56. The lowest BCUT2D eigenvalue weighted by molar-refractivity contribution is 0.831. The molecule has 0 spiro atoms. The van der Waals surface area contributed by atoms with Gasteiger partial charge >= 0.3 is 0 Å². The molecule has 0 atom stereocenters. The van der Waals surface area contributed by atoms with E-state index in [2.05, 4.69) is 49.4 Å². The van der Waals surface area contributed by atoms with Crippen molar-refractivity contribution in [3.63, 3.8) is 0 Å². The normalized spacial score (nSPS) is 10.9. The van der Waals surface area contributed by atoms with E-state index in [4.69, 9.17) is 0 Å². The van der Waals surface area contributed by atoms with E-state index in [0.717, 1.165) is 6.54 Å². The first-order valence-electron chi connectivity index (χ1n) is 5.32. The highest BCUT2D eigenvalue weighted by atomic mass is 127. The summed E-state index contributed by atoms with van der Waals surface area (Å²) < 4.78 is 3.48. The van der Waals surface area contributed by atoms with Crippen LogP contribution >= 0.6 is 22.6 Å². The molecule has 3 heterocycles. The molecule has 17 heavy (non-hydrogen) atoms. The maximum Gasteiger partial charge on any atom is 0.0680 e. The Morgan fingerprint density at radius 3 is 2.65 bits per heavy atom. The lowest BCUT2D eigenvalue weighted by atomic mass is 10.2. The largest absolute Gasteiger partial charge is 0.341 e. The Morgan fingerprint density at radius 1 is 1.06 bits per heavy atom. The molecule has 84 valence electrons. The van der Waals surface area contributed by atoms with Crippen LogP contribution in [0.2, 0.25) is 0 Å². The molecular formula is C13H10IN3. The third kappa shape index (κ3) is 2.04. The van der Waals surface area contributed by atoms with Gasteiger partial charge in [0.05, 0.1) is 11.7 Å². The molecule has 0 aliphatic rings. The van der Waals surface area contributed by atoms with Crippen molar-refractivity contribution in [3.05, 3.63) is 58.3 Å². The SMILES string of the molecule is Ic1cn(Cc2ccncc2)c2cnccc12. The molecular weight excluding hydrogens is 325 g/mol. The van der Waals surface area contributed by atoms with Crippen molar-refractivity contribution >= 4 is 33.5 Å². The van der Waals surface area contributed by atoms with Crippen LogP contribution in [0.25, 0.3) is 10.9 Å². The summed E-state index contributed by atoms with van der Waals surface area (Å²) in [5.74, 6) is 0. The molecule has 0 radical (unpaired) electrons. The van der Waals surface area contributed by atoms with Crippen LogP contribution in [-0.2, 0) is 6.54 Å². The molecule has 3 rings (SSSR count). The summed E-state index contributed by atoms with van der Waals surface area (Å²) in [7, 11) is 0. The minimum atomic E-state index is 0.855. The maximum atomic E-state index is 4.19. The zero-order valence-electron chi connectivity index (χ0n) is 9.05. The highest BCUT2D eigenvalue weighted by Crippen LogP contribution is 2.22. The van der Waals surface area contributed by atoms with Crippen LogP contribution in [0.4, 0.5) is 0 Å². The van der Waals surface area contributed by atoms with Gasteiger partial charge in [-0.05, 0) is 46.4 Å². The molecule has 3 nitrogen and oxygen atoms in total. The Hall–Kier alpha value is -1.43. The summed E-state index contributed by atoms with van der Waals surface area (Å²) >= 11 is 2.36. The van der Waals surface area contributed by atoms with Crippen molar-refractivity contribution in [1.29, 1.82) is 0 Å². The molecule has 0 bridgehead atoms. The average molecular weight is 335 g/mol. The maximum absolute atomic E-state index is 4.19. The molecule has 0 unspecified atom stereocenters. The minimum absolute atomic E-state index is 0.855. The van der Waals surface area contributed by atoms with Crippen molar-refractivity contribution < 1.29 is 0 Å². The Labute approximate surface area is 113 Å². The third-order valence-corrected chi connectivity index (χ3v) is 3.60. The third-order valence-electron chi connectivity index (χ3n) is 2.74. The lowest BCUT2D eigenvalue weighted by Gasteiger charge is -2.04. The van der Waals surface area contributed by atoms with Crippen LogP contribution in [-0.4, -0.2) is 14.5 Å². The molecule has 0 saturated heterocycles. The van der Waals surface area contributed by atoms with Gasteiger partial charge in [0.1, 0.15) is 0 Å². The monoisotopic (exact) mass is 335 g/mol. The number of hydrogen-bond acceptors (Lipinski definition) is 2. The molecule has 0 fully saturated rings. The van der Waals surface area contributed by atoms with Crippen molar-refractivity contribution in [1.82, 2.24) is 14.5 Å². The minimum Gasteiger partial charge on any atom is -0.341 e. The van der Waals surface area contributed by atoms with Gasteiger partial charge in [-0.15, -0.1) is 0 Å². The van der Waals surface area contributed by atoms with E-state index in [1.807, 2.05) is 36.9 Å². The Morgan fingerprint density at radius 2 is 1.82 bits per heavy atom. The van der Waals surface area contributed by atoms with Crippen LogP contribution in [0.15, 0.2) is 49.2 Å². The lowest BCUT2D eigenvalue weighted by Crippen LogP contribution is -1.97. The fraction of sp³-hybridized carbons (Fsp3) is 0.0769. The topological polar surface area (TPSA) is 30.7 Å². The van der Waals surface area contributed by atoms with E-state index < -0.39 is 0 Å². The number of pyridine rings is 2. The van der Waals surface area contributed by atoms with Gasteiger partial charge in [-0.1, -0.05) is 0 Å². The van der Waals surface area contributed by atoms with Crippen LogP contribution in [0.3, 0.4) is 0 Å². The Bertz CT molecular complexity index is 646. The predicted octanol–water partition coefficient (Wildman–Crippen LogP) is 3.08. The van der Waals surface area contributed by atoms with Crippen molar-refractivity contribution in [2.24, 2.45) is 0 Å². The number of halogens is 1. The van der Waals surface area contributed by atoms with E-state index >= 15 is 0 Å². The number of aromatic nitrogens is 3. The molecule has 4 heteroatoms. The Kier molecular flexibility index (Phi) is 2.80. The molecule has 0 aromatic carbocycles. The van der Waals surface area contributed by atoms with E-state index in [-0.39, 0.29) is 0 Å². The first-order chi connectivity index (χ1) is 8.34. The van der Waals surface area contributed by atoms with Gasteiger partial charge in [-0.25, -0.2) is 0 Å². The zero-order chi connectivity index (χ0) is 11.7. The smallest absolute Gasteiger partial charge is 0.0680 e. The summed E-state index contributed by atoms with van der Waals surface area (Å²) in [4.78, 5) is 8.22. The van der Waals surface area contributed by atoms with Crippen molar-refractivity contribution in [2.45, 2.75) is 6.54 Å². The molecule has 0 N–H and O–H groups in total. The van der Waals surface area contributed by atoms with Gasteiger partial charge in [0.25, 0.3) is 0 Å². The number of nitrogens with zero attached hydrogens (tertiary/aromatic N) is 3. The fourth-order valence-corrected chi connectivity index (χ4v) is 2.70. The molecule has 3 aromatic rings. The van der Waals surface area contributed by atoms with E-state index in [1.165, 1.54) is 20.0 Å². The van der Waals surface area contributed by atoms with Gasteiger partial charge in [-0.3, -0.25) is 9.97 Å².